The van der Waals surface area contributed by atoms with E-state index in [2.05, 4.69) is 257 Å². The molecular formula is C62H59BN2. The smallest absolute Gasteiger partial charge is 0.198 e. The molecule has 2 heterocycles. The van der Waals surface area contributed by atoms with Gasteiger partial charge in [0.05, 0.1) is 11.1 Å². The molecule has 0 fully saturated rings. The number of hydrogen-bond donors (Lipinski definition) is 1. The highest BCUT2D eigenvalue weighted by Crippen LogP contribution is 2.57. The van der Waals surface area contributed by atoms with Gasteiger partial charge < -0.3 is 10.2 Å². The molecule has 65 heavy (non-hydrogen) atoms. The molecule has 7 aromatic rings. The minimum absolute atomic E-state index is 0.109. The Bertz CT molecular complexity index is 2930. The molecule has 0 aromatic heterocycles. The lowest BCUT2D eigenvalue weighted by Crippen LogP contribution is -2.47. The van der Waals surface area contributed by atoms with Crippen LogP contribution < -0.4 is 21.1 Å². The van der Waals surface area contributed by atoms with Crippen molar-refractivity contribution in [2.45, 2.75) is 65.3 Å². The zero-order chi connectivity index (χ0) is 44.8. The molecule has 2 aliphatic rings. The second-order valence-electron chi connectivity index (χ2n) is 17.5. The van der Waals surface area contributed by atoms with Gasteiger partial charge in [0, 0.05) is 28.7 Å². The Morgan fingerprint density at radius 1 is 0.646 bits per heavy atom. The zero-order valence-electron chi connectivity index (χ0n) is 38.6. The first-order chi connectivity index (χ1) is 31.9. The van der Waals surface area contributed by atoms with Crippen molar-refractivity contribution < 1.29 is 0 Å². The van der Waals surface area contributed by atoms with E-state index in [1.165, 1.54) is 94.9 Å². The van der Waals surface area contributed by atoms with Crippen molar-refractivity contribution in [2.24, 2.45) is 0 Å². The predicted octanol–water partition coefficient (Wildman–Crippen LogP) is 14.3. The van der Waals surface area contributed by atoms with Gasteiger partial charge in [0.1, 0.15) is 0 Å². The summed E-state index contributed by atoms with van der Waals surface area (Å²) < 4.78 is 0. The first-order valence-corrected chi connectivity index (χ1v) is 23.5. The Hall–Kier alpha value is -7.10. The van der Waals surface area contributed by atoms with E-state index in [0.29, 0.717) is 0 Å². The first kappa shape index (κ1) is 43.2. The van der Waals surface area contributed by atoms with Crippen LogP contribution in [0.3, 0.4) is 0 Å². The van der Waals surface area contributed by atoms with Gasteiger partial charge in [-0.3, -0.25) is 0 Å². The maximum Gasteiger partial charge on any atom is 0.198 e. The van der Waals surface area contributed by atoms with E-state index in [1.807, 2.05) is 0 Å². The average Bonchev–Trinajstić information content (AvgIpc) is 3.33. The number of hydrogen-bond acceptors (Lipinski definition) is 2. The fourth-order valence-electron chi connectivity index (χ4n) is 10.3. The highest BCUT2D eigenvalue weighted by Gasteiger charge is 2.48. The van der Waals surface area contributed by atoms with E-state index in [0.717, 1.165) is 26.5 Å². The van der Waals surface area contributed by atoms with E-state index in [-0.39, 0.29) is 6.04 Å². The van der Waals surface area contributed by atoms with Gasteiger partial charge in [0.25, 0.3) is 0 Å². The molecular weight excluding hydrogens is 784 g/mol. The lowest BCUT2D eigenvalue weighted by atomic mass is 9.54. The van der Waals surface area contributed by atoms with Gasteiger partial charge in [0.15, 0.2) is 7.28 Å². The Morgan fingerprint density at radius 3 is 2.09 bits per heavy atom. The molecule has 0 aliphatic carbocycles. The summed E-state index contributed by atoms with van der Waals surface area (Å²) in [5, 5.41) is 4.02. The van der Waals surface area contributed by atoms with Crippen LogP contribution in [-0.2, 0) is 11.8 Å². The van der Waals surface area contributed by atoms with Crippen LogP contribution in [0.15, 0.2) is 212 Å². The minimum atomic E-state index is -0.496. The van der Waals surface area contributed by atoms with Gasteiger partial charge in [-0.15, -0.1) is 0 Å². The van der Waals surface area contributed by atoms with Crippen LogP contribution in [0, 0.1) is 13.8 Å². The van der Waals surface area contributed by atoms with Crippen molar-refractivity contribution in [3.05, 3.63) is 257 Å². The Balaban J connectivity index is 1.17. The van der Waals surface area contributed by atoms with Crippen molar-refractivity contribution in [1.82, 2.24) is 0 Å². The number of allylic oxidation sites excluding steroid dienone is 9. The van der Waals surface area contributed by atoms with Gasteiger partial charge >= 0.3 is 0 Å². The van der Waals surface area contributed by atoms with Gasteiger partial charge in [-0.05, 0) is 113 Å². The van der Waals surface area contributed by atoms with Crippen molar-refractivity contribution in [1.29, 1.82) is 0 Å². The molecule has 7 aromatic carbocycles. The summed E-state index contributed by atoms with van der Waals surface area (Å²) in [4.78, 5) is 2.59. The third-order valence-electron chi connectivity index (χ3n) is 13.1. The number of nitrogens with zero attached hydrogens (tertiary/aromatic N) is 1. The molecule has 2 aliphatic heterocycles. The molecule has 3 heteroatoms. The average molecular weight is 843 g/mol. The van der Waals surface area contributed by atoms with Crippen LogP contribution in [0.2, 0.25) is 0 Å². The monoisotopic (exact) mass is 842 g/mol. The van der Waals surface area contributed by atoms with Crippen molar-refractivity contribution in [2.75, 3.05) is 10.2 Å². The first-order valence-electron chi connectivity index (χ1n) is 23.5. The third kappa shape index (κ3) is 8.28. The van der Waals surface area contributed by atoms with Crippen molar-refractivity contribution >= 4 is 46.5 Å². The quantitative estimate of drug-likeness (QED) is 0.0867. The number of benzene rings is 7. The Kier molecular flexibility index (Phi) is 12.8. The van der Waals surface area contributed by atoms with Gasteiger partial charge in [-0.25, -0.2) is 0 Å². The highest BCUT2D eigenvalue weighted by atomic mass is 15.2. The van der Waals surface area contributed by atoms with Crippen molar-refractivity contribution in [3.63, 3.8) is 0 Å². The summed E-state index contributed by atoms with van der Waals surface area (Å²) in [6.07, 6.45) is 22.9. The lowest BCUT2D eigenvalue weighted by molar-refractivity contribution is 0.732. The molecule has 0 bridgehead atoms. The number of fused-ring (bicyclic) bond motifs is 4. The van der Waals surface area contributed by atoms with Crippen LogP contribution in [0.25, 0.3) is 16.7 Å². The molecule has 1 atom stereocenters. The zero-order valence-corrected chi connectivity index (χ0v) is 38.6. The second-order valence-corrected chi connectivity index (χ2v) is 17.5. The van der Waals surface area contributed by atoms with Gasteiger partial charge in [-0.1, -0.05) is 220 Å². The third-order valence-corrected chi connectivity index (χ3v) is 13.1. The lowest BCUT2D eigenvalue weighted by Gasteiger charge is -2.49. The molecule has 0 saturated heterocycles. The number of para-hydroxylation sites is 3. The molecule has 1 N–H and O–H groups in total. The van der Waals surface area contributed by atoms with Crippen LogP contribution in [0.5, 0.6) is 0 Å². The van der Waals surface area contributed by atoms with Gasteiger partial charge in [-0.2, -0.15) is 0 Å². The molecule has 0 spiro atoms. The number of aryl methyl sites for hydroxylation is 2. The molecule has 1 unspecified atom stereocenters. The summed E-state index contributed by atoms with van der Waals surface area (Å²) in [6.45, 7) is 11.1. The standard InChI is InChI=1S/C62H59BN2/c1-6-8-9-13-28-46(5)64-60-48(30-15-10-14-29-47(26-7-2)51-36-21-20-27-45(51)4)31-24-37-52(60)53-42-44(3)43-58-59(53)63-56-40-25-39-55-61(56)65(58)57-41-23-22-38-54(57)62(55,49-32-16-11-17-33-49)50-34-18-12-19-35-50/h8-29,31-43,46,63-64H,6-7,30H2,1-5H3/b9-8-,15-10-,28-13-,29-14-,47-26-. The topological polar surface area (TPSA) is 15.3 Å². The predicted molar refractivity (Wildman–Crippen MR) is 283 cm³/mol. The number of nitrogens with one attached hydrogen (secondary N) is 1. The largest absolute Gasteiger partial charge is 0.378 e. The van der Waals surface area contributed by atoms with Gasteiger partial charge in [0.2, 0.25) is 0 Å². The summed E-state index contributed by atoms with van der Waals surface area (Å²) in [5.41, 5.74) is 21.2. The van der Waals surface area contributed by atoms with E-state index in [1.54, 1.807) is 0 Å². The summed E-state index contributed by atoms with van der Waals surface area (Å²) in [5.74, 6) is 0. The Morgan fingerprint density at radius 2 is 1.34 bits per heavy atom. The summed E-state index contributed by atoms with van der Waals surface area (Å²) >= 11 is 0. The Labute approximate surface area is 388 Å². The fraction of sp³-hybridized carbons (Fsp3) is 0.161. The maximum absolute atomic E-state index is 4.02. The number of rotatable bonds is 14. The molecule has 0 radical (unpaired) electrons. The second kappa shape index (κ2) is 19.3. The molecule has 2 nitrogen and oxygen atoms in total. The van der Waals surface area contributed by atoms with Crippen molar-refractivity contribution in [3.8, 4) is 11.1 Å². The molecule has 9 rings (SSSR count). The normalized spacial score (nSPS) is 14.4. The van der Waals surface area contributed by atoms with E-state index < -0.39 is 5.41 Å². The van der Waals surface area contributed by atoms with Crippen LogP contribution >= 0.6 is 0 Å². The summed E-state index contributed by atoms with van der Waals surface area (Å²) in [7, 11) is 0.826. The fourth-order valence-corrected chi connectivity index (χ4v) is 10.3. The van der Waals surface area contributed by atoms with E-state index >= 15 is 0 Å². The summed E-state index contributed by atoms with van der Waals surface area (Å²) in [6, 6.07) is 58.9. The van der Waals surface area contributed by atoms with Crippen LogP contribution in [0.1, 0.15) is 78.1 Å². The number of anilines is 4. The van der Waals surface area contributed by atoms with E-state index in [4.69, 9.17) is 0 Å². The minimum Gasteiger partial charge on any atom is -0.378 e. The molecule has 0 amide bonds. The van der Waals surface area contributed by atoms with E-state index in [9.17, 15) is 0 Å². The molecule has 320 valence electrons. The van der Waals surface area contributed by atoms with Crippen LogP contribution in [-0.4, -0.2) is 13.3 Å². The van der Waals surface area contributed by atoms with Crippen LogP contribution in [0.4, 0.5) is 22.7 Å². The maximum atomic E-state index is 4.02. The SMILES string of the molecule is CC/C=C\C=C/C(C)Nc1c(C\C=C/C=C\C(=C\CC)c2ccccc2C)cccc1-c1cc(C)cc2c1Bc1cccc3c1N2c1ccccc1C3(c1ccccc1)c1ccccc1. The molecule has 0 saturated carbocycles. The highest BCUT2D eigenvalue weighted by molar-refractivity contribution is 6.73.